The molecule has 3 rings (SSSR count). The van der Waals surface area contributed by atoms with Crippen molar-refractivity contribution < 1.29 is 19.1 Å². The molecule has 4 heteroatoms. The molecule has 0 N–H and O–H groups in total. The zero-order valence-corrected chi connectivity index (χ0v) is 29.7. The van der Waals surface area contributed by atoms with E-state index in [-0.39, 0.29) is 22.8 Å². The average Bonchev–Trinajstić information content (AvgIpc) is 3.32. The van der Waals surface area contributed by atoms with Crippen molar-refractivity contribution in [2.45, 2.75) is 168 Å². The summed E-state index contributed by atoms with van der Waals surface area (Å²) in [6.45, 7) is 15.7. The molecule has 1 aliphatic rings. The number of benzene rings is 2. The monoisotopic (exact) mass is 618 g/mol. The van der Waals surface area contributed by atoms with Crippen LogP contribution in [0.1, 0.15) is 190 Å². The molecule has 0 aliphatic carbocycles. The minimum atomic E-state index is -0.501. The van der Waals surface area contributed by atoms with Crippen molar-refractivity contribution in [3.8, 4) is 5.75 Å². The molecule has 0 bridgehead atoms. The first kappa shape index (κ1) is 36.8. The van der Waals surface area contributed by atoms with Gasteiger partial charge in [0.05, 0.1) is 12.2 Å². The van der Waals surface area contributed by atoms with Crippen molar-refractivity contribution in [1.29, 1.82) is 0 Å². The fourth-order valence-electron chi connectivity index (χ4n) is 6.28. The van der Waals surface area contributed by atoms with Crippen molar-refractivity contribution in [3.05, 3.63) is 64.2 Å². The number of esters is 2. The largest absolute Gasteiger partial charge is 0.462 e. The maximum Gasteiger partial charge on any atom is 0.338 e. The van der Waals surface area contributed by atoms with Gasteiger partial charge in [-0.15, -0.1) is 0 Å². The Hall–Kier alpha value is -2.62. The molecule has 0 saturated carbocycles. The highest BCUT2D eigenvalue weighted by atomic mass is 16.5. The molecule has 2 aromatic carbocycles. The molecule has 1 unspecified atom stereocenters. The van der Waals surface area contributed by atoms with Gasteiger partial charge in [0.2, 0.25) is 0 Å². The van der Waals surface area contributed by atoms with Crippen LogP contribution >= 0.6 is 0 Å². The Balaban J connectivity index is 1.37. The lowest BCUT2D eigenvalue weighted by atomic mass is 9.77. The van der Waals surface area contributed by atoms with Gasteiger partial charge in [0.1, 0.15) is 11.7 Å². The fourth-order valence-corrected chi connectivity index (χ4v) is 6.28. The molecular formula is C41H62O4. The topological polar surface area (TPSA) is 52.6 Å². The fraction of sp³-hybridized carbons (Fsp3) is 0.659. The normalized spacial score (nSPS) is 14.8. The van der Waals surface area contributed by atoms with Gasteiger partial charge < -0.3 is 9.47 Å². The third kappa shape index (κ3) is 11.6. The first-order valence-corrected chi connectivity index (χ1v) is 18.1. The van der Waals surface area contributed by atoms with Crippen LogP contribution in [-0.4, -0.2) is 18.5 Å². The molecule has 45 heavy (non-hydrogen) atoms. The van der Waals surface area contributed by atoms with Crippen molar-refractivity contribution in [1.82, 2.24) is 0 Å². The number of fused-ring (bicyclic) bond motifs is 1. The number of ether oxygens (including phenoxy) is 2. The van der Waals surface area contributed by atoms with Gasteiger partial charge in [0.25, 0.3) is 0 Å². The summed E-state index contributed by atoms with van der Waals surface area (Å²) in [5.41, 5.74) is 4.26. The quantitative estimate of drug-likeness (QED) is 0.0893. The maximum atomic E-state index is 13.2. The number of rotatable bonds is 19. The van der Waals surface area contributed by atoms with Crippen LogP contribution in [0.15, 0.2) is 36.4 Å². The van der Waals surface area contributed by atoms with Gasteiger partial charge in [0, 0.05) is 11.1 Å². The zero-order valence-electron chi connectivity index (χ0n) is 29.7. The number of carbonyl (C=O) groups is 2. The van der Waals surface area contributed by atoms with Crippen LogP contribution in [0, 0.1) is 0 Å². The van der Waals surface area contributed by atoms with Gasteiger partial charge in [-0.2, -0.15) is 0 Å². The van der Waals surface area contributed by atoms with Gasteiger partial charge in [0.15, 0.2) is 0 Å². The smallest absolute Gasteiger partial charge is 0.338 e. The third-order valence-electron chi connectivity index (χ3n) is 9.25. The van der Waals surface area contributed by atoms with Crippen LogP contribution in [0.4, 0.5) is 0 Å². The van der Waals surface area contributed by atoms with Crippen LogP contribution in [0.25, 0.3) is 0 Å². The van der Waals surface area contributed by atoms with E-state index in [4.69, 9.17) is 9.47 Å². The molecule has 0 amide bonds. The minimum Gasteiger partial charge on any atom is -0.462 e. The van der Waals surface area contributed by atoms with Gasteiger partial charge in [-0.25, -0.2) is 4.79 Å². The molecule has 0 fully saturated rings. The summed E-state index contributed by atoms with van der Waals surface area (Å²) in [5, 5.41) is 0. The van der Waals surface area contributed by atoms with Crippen molar-refractivity contribution in [3.63, 3.8) is 0 Å². The predicted molar refractivity (Wildman–Crippen MR) is 188 cm³/mol. The highest BCUT2D eigenvalue weighted by Crippen LogP contribution is 2.47. The molecule has 0 aromatic heterocycles. The Morgan fingerprint density at radius 3 is 1.64 bits per heavy atom. The zero-order chi connectivity index (χ0) is 32.9. The van der Waals surface area contributed by atoms with Crippen LogP contribution < -0.4 is 4.74 Å². The van der Waals surface area contributed by atoms with Gasteiger partial charge in [-0.1, -0.05) is 169 Å². The molecule has 2 aromatic rings. The standard InChI is InChI=1S/C41H62O4/c1-8-9-10-11-12-13-14-15-16-17-18-19-20-21-22-23-28-44-38(42)32-26-24-31(25-27-32)36-34-29-33(40(2,3)4)30-35(41(5,6)7)37(34)45-39(36)43/h24-27,29-30,36H,8-23,28H2,1-7H3. The second-order valence-corrected chi connectivity index (χ2v) is 15.4. The molecule has 1 heterocycles. The molecule has 0 saturated heterocycles. The van der Waals surface area contributed by atoms with E-state index in [1.807, 2.05) is 12.1 Å². The van der Waals surface area contributed by atoms with Crippen LogP contribution in [0.5, 0.6) is 5.75 Å². The molecule has 250 valence electrons. The Kier molecular flexibility index (Phi) is 14.7. The van der Waals surface area contributed by atoms with Crippen molar-refractivity contribution in [2.24, 2.45) is 0 Å². The summed E-state index contributed by atoms with van der Waals surface area (Å²) in [5.74, 6) is -0.381. The SMILES string of the molecule is CCCCCCCCCCCCCCCCCCOC(=O)c1ccc(C2C(=O)Oc3c2cc(C(C)(C)C)cc3C(C)(C)C)cc1. The highest BCUT2D eigenvalue weighted by Gasteiger charge is 2.39. The summed E-state index contributed by atoms with van der Waals surface area (Å²) in [6, 6.07) is 11.6. The van der Waals surface area contributed by atoms with Crippen molar-refractivity contribution in [2.75, 3.05) is 6.61 Å². The Morgan fingerprint density at radius 1 is 0.689 bits per heavy atom. The van der Waals surface area contributed by atoms with E-state index in [0.717, 1.165) is 29.5 Å². The Bertz CT molecular complexity index is 1200. The van der Waals surface area contributed by atoms with E-state index >= 15 is 0 Å². The second kappa shape index (κ2) is 17.9. The number of carbonyl (C=O) groups excluding carboxylic acids is 2. The lowest BCUT2D eigenvalue weighted by Gasteiger charge is -2.27. The number of hydrogen-bond acceptors (Lipinski definition) is 4. The summed E-state index contributed by atoms with van der Waals surface area (Å²) >= 11 is 0. The summed E-state index contributed by atoms with van der Waals surface area (Å²) in [7, 11) is 0. The van der Waals surface area contributed by atoms with E-state index in [0.29, 0.717) is 17.9 Å². The van der Waals surface area contributed by atoms with Crippen LogP contribution in [0.2, 0.25) is 0 Å². The second-order valence-electron chi connectivity index (χ2n) is 15.4. The maximum absolute atomic E-state index is 13.2. The van der Waals surface area contributed by atoms with E-state index in [1.165, 1.54) is 95.5 Å². The van der Waals surface area contributed by atoms with Gasteiger partial charge in [-0.3, -0.25) is 4.79 Å². The first-order valence-electron chi connectivity index (χ1n) is 18.1. The summed E-state index contributed by atoms with van der Waals surface area (Å²) in [4.78, 5) is 25.9. The highest BCUT2D eigenvalue weighted by molar-refractivity contribution is 5.92. The Labute approximate surface area is 275 Å². The van der Waals surface area contributed by atoms with Gasteiger partial charge >= 0.3 is 11.9 Å². The summed E-state index contributed by atoms with van der Waals surface area (Å²) in [6.07, 6.45) is 21.1. The molecule has 0 radical (unpaired) electrons. The van der Waals surface area contributed by atoms with E-state index < -0.39 is 5.92 Å². The van der Waals surface area contributed by atoms with Gasteiger partial charge in [-0.05, 0) is 40.5 Å². The van der Waals surface area contributed by atoms with E-state index in [1.54, 1.807) is 12.1 Å². The van der Waals surface area contributed by atoms with Crippen LogP contribution in [-0.2, 0) is 20.4 Å². The summed E-state index contributed by atoms with van der Waals surface area (Å²) < 4.78 is 11.5. The molecule has 0 spiro atoms. The number of unbranched alkanes of at least 4 members (excludes halogenated alkanes) is 15. The minimum absolute atomic E-state index is 0.0642. The van der Waals surface area contributed by atoms with Crippen LogP contribution in [0.3, 0.4) is 0 Å². The Morgan fingerprint density at radius 2 is 1.18 bits per heavy atom. The third-order valence-corrected chi connectivity index (χ3v) is 9.25. The van der Waals surface area contributed by atoms with E-state index in [2.05, 4.69) is 60.6 Å². The molecule has 1 aliphatic heterocycles. The predicted octanol–water partition coefficient (Wildman–Crippen LogP) is 11.8. The molecule has 4 nitrogen and oxygen atoms in total. The lowest BCUT2D eigenvalue weighted by Crippen LogP contribution is -2.17. The average molecular weight is 619 g/mol. The molecule has 1 atom stereocenters. The lowest BCUT2D eigenvalue weighted by molar-refractivity contribution is -0.133. The molecular weight excluding hydrogens is 556 g/mol. The number of hydrogen-bond donors (Lipinski definition) is 0. The van der Waals surface area contributed by atoms with E-state index in [9.17, 15) is 9.59 Å². The van der Waals surface area contributed by atoms with Crippen molar-refractivity contribution >= 4 is 11.9 Å². The first-order chi connectivity index (χ1) is 21.4.